The van der Waals surface area contributed by atoms with Crippen LogP contribution in [0.5, 0.6) is 0 Å². The number of hydrogen-bond acceptors (Lipinski definition) is 3. The van der Waals surface area contributed by atoms with E-state index in [1.54, 1.807) is 27.8 Å². The number of nitrogens with zero attached hydrogens (tertiary/aromatic N) is 2. The van der Waals surface area contributed by atoms with Crippen molar-refractivity contribution in [3.05, 3.63) is 33.9 Å². The Morgan fingerprint density at radius 1 is 1.14 bits per heavy atom. The number of nitriles is 1. The fourth-order valence-electron chi connectivity index (χ4n) is 6.17. The van der Waals surface area contributed by atoms with Crippen LogP contribution in [-0.2, 0) is 36.9 Å². The largest absolute Gasteiger partial charge is 0.322 e. The third-order valence-corrected chi connectivity index (χ3v) is 7.75. The molecular weight excluding hydrogens is 358 g/mol. The molecular formula is C25H33N3O. The lowest BCUT2D eigenvalue weighted by molar-refractivity contribution is -0.131. The molecule has 5 rings (SSSR count). The van der Waals surface area contributed by atoms with Crippen LogP contribution in [0, 0.1) is 17.2 Å². The van der Waals surface area contributed by atoms with E-state index < -0.39 is 0 Å². The van der Waals surface area contributed by atoms with Crippen LogP contribution in [0.25, 0.3) is 0 Å². The molecule has 4 heteroatoms. The molecule has 1 aliphatic heterocycles. The van der Waals surface area contributed by atoms with Gasteiger partial charge in [-0.05, 0) is 111 Å². The Morgan fingerprint density at radius 2 is 1.79 bits per heavy atom. The fourth-order valence-corrected chi connectivity index (χ4v) is 6.17. The highest BCUT2D eigenvalue weighted by Crippen LogP contribution is 2.47. The number of rotatable bonds is 5. The zero-order valence-electron chi connectivity index (χ0n) is 17.7. The number of piperidine rings is 1. The molecule has 1 unspecified atom stereocenters. The van der Waals surface area contributed by atoms with Crippen LogP contribution in [0.15, 0.2) is 6.07 Å². The van der Waals surface area contributed by atoms with Gasteiger partial charge < -0.3 is 10.2 Å². The molecule has 4 atom stereocenters. The molecule has 4 nitrogen and oxygen atoms in total. The number of benzene rings is 1. The molecule has 2 fully saturated rings. The van der Waals surface area contributed by atoms with E-state index in [1.807, 2.05) is 4.90 Å². The Bertz CT molecular complexity index is 820. The summed E-state index contributed by atoms with van der Waals surface area (Å²) in [5.41, 5.74) is 8.05. The minimum Gasteiger partial charge on any atom is -0.322 e. The Kier molecular flexibility index (Phi) is 5.12. The van der Waals surface area contributed by atoms with Crippen LogP contribution in [0.4, 0.5) is 0 Å². The summed E-state index contributed by atoms with van der Waals surface area (Å²) in [5.74, 6) is 0.703. The first-order valence-electron chi connectivity index (χ1n) is 11.7. The zero-order chi connectivity index (χ0) is 20.0. The van der Waals surface area contributed by atoms with E-state index in [-0.39, 0.29) is 18.0 Å². The first kappa shape index (κ1) is 19.1. The average Bonchev–Trinajstić information content (AvgIpc) is 3.41. The summed E-state index contributed by atoms with van der Waals surface area (Å²) in [5, 5.41) is 12.9. The second-order valence-corrected chi connectivity index (χ2v) is 9.78. The van der Waals surface area contributed by atoms with Gasteiger partial charge in [0.15, 0.2) is 0 Å². The molecule has 0 bridgehead atoms. The van der Waals surface area contributed by atoms with Gasteiger partial charge in [-0.2, -0.15) is 5.26 Å². The number of amides is 1. The van der Waals surface area contributed by atoms with Crippen molar-refractivity contribution in [2.45, 2.75) is 95.7 Å². The molecule has 1 saturated heterocycles. The molecule has 0 aromatic heterocycles. The number of likely N-dealkylation sites (tertiary alicyclic amines) is 1. The second-order valence-electron chi connectivity index (χ2n) is 9.78. The van der Waals surface area contributed by atoms with Crippen LogP contribution in [-0.4, -0.2) is 35.5 Å². The van der Waals surface area contributed by atoms with Gasteiger partial charge >= 0.3 is 0 Å². The SMILES string of the molecule is CC(Cc1c2c(cc3c1CCCC3)CCCC2)NCC(=O)N1[C@H](C#N)C[C@@H]2C[C@@H]21. The van der Waals surface area contributed by atoms with Gasteiger partial charge in [0, 0.05) is 12.1 Å². The van der Waals surface area contributed by atoms with E-state index in [0.717, 1.165) is 19.3 Å². The van der Waals surface area contributed by atoms with E-state index in [4.69, 9.17) is 0 Å². The molecule has 4 aliphatic rings. The molecule has 3 aliphatic carbocycles. The van der Waals surface area contributed by atoms with E-state index in [0.29, 0.717) is 18.5 Å². The monoisotopic (exact) mass is 391 g/mol. The quantitative estimate of drug-likeness (QED) is 0.836. The summed E-state index contributed by atoms with van der Waals surface area (Å²) in [6.45, 7) is 2.58. The maximum Gasteiger partial charge on any atom is 0.237 e. The first-order valence-corrected chi connectivity index (χ1v) is 11.7. The van der Waals surface area contributed by atoms with Crippen molar-refractivity contribution >= 4 is 5.91 Å². The number of fused-ring (bicyclic) bond motifs is 3. The van der Waals surface area contributed by atoms with Crippen molar-refractivity contribution in [3.8, 4) is 6.07 Å². The maximum atomic E-state index is 12.8. The minimum absolute atomic E-state index is 0.116. The number of carbonyl (C=O) groups is 1. The number of hydrogen-bond donors (Lipinski definition) is 1. The van der Waals surface area contributed by atoms with Crippen molar-refractivity contribution in [2.24, 2.45) is 5.92 Å². The Balaban J connectivity index is 1.28. The maximum absolute atomic E-state index is 12.8. The standard InChI is InChI=1S/C25H33N3O/c1-16(27-15-25(29)28-20(14-26)12-19-13-24(19)28)10-23-21-8-4-2-6-17(21)11-18-7-3-5-9-22(18)23/h11,16,19-20,24,27H,2-10,12-13,15H2,1H3/t16?,19-,20+,24+/m1/s1. The topological polar surface area (TPSA) is 56.1 Å². The summed E-state index contributed by atoms with van der Waals surface area (Å²) in [7, 11) is 0. The molecule has 1 saturated carbocycles. The predicted molar refractivity (Wildman–Crippen MR) is 114 cm³/mol. The summed E-state index contributed by atoms with van der Waals surface area (Å²) >= 11 is 0. The molecule has 0 spiro atoms. The third-order valence-electron chi connectivity index (χ3n) is 7.75. The van der Waals surface area contributed by atoms with Crippen molar-refractivity contribution in [3.63, 3.8) is 0 Å². The molecule has 29 heavy (non-hydrogen) atoms. The van der Waals surface area contributed by atoms with Gasteiger partial charge in [0.1, 0.15) is 6.04 Å². The molecule has 0 radical (unpaired) electrons. The van der Waals surface area contributed by atoms with Crippen LogP contribution >= 0.6 is 0 Å². The molecule has 1 heterocycles. The first-order chi connectivity index (χ1) is 14.2. The van der Waals surface area contributed by atoms with Gasteiger partial charge in [0.05, 0.1) is 12.6 Å². The lowest BCUT2D eigenvalue weighted by Crippen LogP contribution is -2.45. The van der Waals surface area contributed by atoms with E-state index >= 15 is 0 Å². The smallest absolute Gasteiger partial charge is 0.237 e. The molecule has 1 aromatic carbocycles. The summed E-state index contributed by atoms with van der Waals surface area (Å²) in [6, 6.07) is 5.27. The molecule has 1 N–H and O–H groups in total. The molecule has 154 valence electrons. The summed E-state index contributed by atoms with van der Waals surface area (Å²) in [6.07, 6.45) is 13.2. The Morgan fingerprint density at radius 3 is 2.45 bits per heavy atom. The van der Waals surface area contributed by atoms with Gasteiger partial charge in [0.25, 0.3) is 0 Å². The number of aryl methyl sites for hydroxylation is 2. The highest BCUT2D eigenvalue weighted by molar-refractivity contribution is 5.80. The van der Waals surface area contributed by atoms with Crippen LogP contribution in [0.1, 0.15) is 73.3 Å². The van der Waals surface area contributed by atoms with E-state index in [9.17, 15) is 10.1 Å². The van der Waals surface area contributed by atoms with Gasteiger partial charge in [0.2, 0.25) is 5.91 Å². The van der Waals surface area contributed by atoms with Gasteiger partial charge in [-0.25, -0.2) is 0 Å². The Labute approximate surface area is 174 Å². The van der Waals surface area contributed by atoms with Crippen molar-refractivity contribution in [1.82, 2.24) is 10.2 Å². The van der Waals surface area contributed by atoms with Gasteiger partial charge in [-0.3, -0.25) is 4.79 Å². The van der Waals surface area contributed by atoms with Crippen LogP contribution in [0.3, 0.4) is 0 Å². The number of nitrogens with one attached hydrogen (secondary N) is 1. The lowest BCUT2D eigenvalue weighted by atomic mass is 9.78. The Hall–Kier alpha value is -1.86. The van der Waals surface area contributed by atoms with Crippen LogP contribution < -0.4 is 5.32 Å². The lowest BCUT2D eigenvalue weighted by Gasteiger charge is -2.29. The highest BCUT2D eigenvalue weighted by Gasteiger charge is 2.53. The zero-order valence-corrected chi connectivity index (χ0v) is 17.7. The summed E-state index contributed by atoms with van der Waals surface area (Å²) < 4.78 is 0. The number of carbonyl (C=O) groups excluding carboxylic acids is 1. The van der Waals surface area contributed by atoms with Gasteiger partial charge in [-0.1, -0.05) is 6.07 Å². The predicted octanol–water partition coefficient (Wildman–Crippen LogP) is 3.48. The average molecular weight is 392 g/mol. The van der Waals surface area contributed by atoms with E-state index in [2.05, 4.69) is 24.4 Å². The molecule has 1 amide bonds. The van der Waals surface area contributed by atoms with E-state index in [1.165, 1.54) is 51.4 Å². The van der Waals surface area contributed by atoms with Crippen molar-refractivity contribution in [2.75, 3.05) is 6.54 Å². The van der Waals surface area contributed by atoms with Crippen molar-refractivity contribution in [1.29, 1.82) is 5.26 Å². The highest BCUT2D eigenvalue weighted by atomic mass is 16.2. The van der Waals surface area contributed by atoms with Crippen LogP contribution in [0.2, 0.25) is 0 Å². The fraction of sp³-hybridized carbons (Fsp3) is 0.680. The summed E-state index contributed by atoms with van der Waals surface area (Å²) in [4.78, 5) is 14.7. The minimum atomic E-state index is -0.198. The second kappa shape index (κ2) is 7.76. The normalized spacial score (nSPS) is 28.1. The molecule has 1 aromatic rings. The third kappa shape index (κ3) is 3.59. The van der Waals surface area contributed by atoms with Crippen molar-refractivity contribution < 1.29 is 4.79 Å². The van der Waals surface area contributed by atoms with Gasteiger partial charge in [-0.15, -0.1) is 0 Å².